The third-order valence-electron chi connectivity index (χ3n) is 4.31. The fourth-order valence-electron chi connectivity index (χ4n) is 2.76. The first kappa shape index (κ1) is 22.7. The Morgan fingerprint density at radius 2 is 1.39 bits per heavy atom. The molecule has 0 unspecified atom stereocenters. The van der Waals surface area contributed by atoms with Crippen molar-refractivity contribution in [3.05, 3.63) is 42.0 Å². The van der Waals surface area contributed by atoms with Crippen molar-refractivity contribution in [2.24, 2.45) is 0 Å². The van der Waals surface area contributed by atoms with Crippen molar-refractivity contribution in [3.8, 4) is 0 Å². The van der Waals surface area contributed by atoms with Gasteiger partial charge in [-0.3, -0.25) is 0 Å². The molecule has 0 heterocycles. The molecule has 0 aliphatic heterocycles. The number of aryl methyl sites for hydroxylation is 1. The normalized spacial score (nSPS) is 10.6. The van der Waals surface area contributed by atoms with E-state index in [0.717, 1.165) is 0 Å². The van der Waals surface area contributed by atoms with E-state index in [9.17, 15) is 0 Å². The van der Waals surface area contributed by atoms with Crippen LogP contribution in [0.15, 0.2) is 30.8 Å². The van der Waals surface area contributed by atoms with Gasteiger partial charge in [-0.2, -0.15) is 0 Å². The Morgan fingerprint density at radius 3 is 1.91 bits per heavy atom. The lowest BCUT2D eigenvalue weighted by Gasteiger charge is -2.17. The maximum Gasteiger partial charge on any atom is -0.0262 e. The zero-order valence-corrected chi connectivity index (χ0v) is 16.9. The highest BCUT2D eigenvalue weighted by Crippen LogP contribution is 2.38. The standard InChI is InChI=1S/C21H35P.ClH/c1-4-7-17-22(18-8-5-2)19-11-9-10-12-21-15-13-20(6-3)14-16-21;/h6,13-16H,3-5,7-12,17-19H2,1-2H3;1H. The monoisotopic (exact) mass is 354 g/mol. The van der Waals surface area contributed by atoms with Gasteiger partial charge in [0.25, 0.3) is 0 Å². The van der Waals surface area contributed by atoms with Crippen molar-refractivity contribution < 1.29 is 0 Å². The van der Waals surface area contributed by atoms with E-state index in [4.69, 9.17) is 0 Å². The van der Waals surface area contributed by atoms with Crippen molar-refractivity contribution in [2.45, 2.75) is 65.2 Å². The van der Waals surface area contributed by atoms with E-state index in [-0.39, 0.29) is 12.4 Å². The van der Waals surface area contributed by atoms with Crippen LogP contribution in [0, 0.1) is 0 Å². The Balaban J connectivity index is 0.00000484. The van der Waals surface area contributed by atoms with Gasteiger partial charge in [-0.25, -0.2) is 0 Å². The molecule has 0 atom stereocenters. The molecule has 132 valence electrons. The van der Waals surface area contributed by atoms with Crippen molar-refractivity contribution >= 4 is 26.4 Å². The number of unbranched alkanes of at least 4 members (excludes halogenated alkanes) is 4. The molecule has 0 spiro atoms. The molecule has 0 amide bonds. The smallest absolute Gasteiger partial charge is 0.0262 e. The molecule has 0 aliphatic rings. The molecule has 1 aromatic rings. The van der Waals surface area contributed by atoms with E-state index in [1.807, 2.05) is 6.08 Å². The highest BCUT2D eigenvalue weighted by Gasteiger charge is 2.06. The number of benzene rings is 1. The SMILES string of the molecule is C=Cc1ccc(CCCCCP(CCCC)CCCC)cc1.Cl. The van der Waals surface area contributed by atoms with Crippen LogP contribution in [-0.2, 0) is 6.42 Å². The maximum absolute atomic E-state index is 3.81. The number of halogens is 1. The van der Waals surface area contributed by atoms with E-state index in [1.165, 1.54) is 81.0 Å². The molecule has 0 N–H and O–H groups in total. The van der Waals surface area contributed by atoms with Crippen LogP contribution in [0.25, 0.3) is 6.08 Å². The minimum absolute atomic E-state index is 0. The lowest BCUT2D eigenvalue weighted by Crippen LogP contribution is -1.96. The molecule has 0 fully saturated rings. The van der Waals surface area contributed by atoms with Gasteiger partial charge in [-0.15, -0.1) is 20.3 Å². The number of rotatable bonds is 13. The summed E-state index contributed by atoms with van der Waals surface area (Å²) in [5.74, 6) is 0. The molecule has 1 rings (SSSR count). The van der Waals surface area contributed by atoms with Crippen molar-refractivity contribution in [3.63, 3.8) is 0 Å². The molecule has 1 aromatic carbocycles. The van der Waals surface area contributed by atoms with Crippen molar-refractivity contribution in [1.82, 2.24) is 0 Å². The van der Waals surface area contributed by atoms with Gasteiger partial charge in [0.05, 0.1) is 0 Å². The lowest BCUT2D eigenvalue weighted by molar-refractivity contribution is 0.718. The summed E-state index contributed by atoms with van der Waals surface area (Å²) in [6.07, 6.45) is 17.5. The molecular formula is C21H36ClP. The van der Waals surface area contributed by atoms with Gasteiger partial charge in [-0.05, 0) is 61.7 Å². The Hall–Kier alpha value is -0.320. The van der Waals surface area contributed by atoms with Crippen LogP contribution in [0.1, 0.15) is 69.9 Å². The summed E-state index contributed by atoms with van der Waals surface area (Å²) in [6.45, 7) is 8.46. The van der Waals surface area contributed by atoms with E-state index in [0.29, 0.717) is 7.92 Å². The molecule has 0 bridgehead atoms. The first-order chi connectivity index (χ1) is 10.8. The number of hydrogen-bond acceptors (Lipinski definition) is 0. The molecule has 2 heteroatoms. The first-order valence-electron chi connectivity index (χ1n) is 9.23. The van der Waals surface area contributed by atoms with Crippen LogP contribution in [0.2, 0.25) is 0 Å². The Labute approximate surface area is 152 Å². The summed E-state index contributed by atoms with van der Waals surface area (Å²) >= 11 is 0. The summed E-state index contributed by atoms with van der Waals surface area (Å²) < 4.78 is 0. The van der Waals surface area contributed by atoms with Crippen molar-refractivity contribution in [1.29, 1.82) is 0 Å². The quantitative estimate of drug-likeness (QED) is 0.253. The summed E-state index contributed by atoms with van der Waals surface area (Å²) in [5, 5.41) is 0. The largest absolute Gasteiger partial charge is 0.147 e. The second kappa shape index (κ2) is 15.2. The van der Waals surface area contributed by atoms with Gasteiger partial charge in [-0.1, -0.05) is 70.0 Å². The Kier molecular flexibility index (Phi) is 15.0. The minimum atomic E-state index is 0. The van der Waals surface area contributed by atoms with Gasteiger partial charge >= 0.3 is 0 Å². The predicted molar refractivity (Wildman–Crippen MR) is 113 cm³/mol. The summed E-state index contributed by atoms with van der Waals surface area (Å²) in [6, 6.07) is 8.87. The van der Waals surface area contributed by atoms with Gasteiger partial charge in [0.15, 0.2) is 0 Å². The molecule has 0 nitrogen and oxygen atoms in total. The fourth-order valence-corrected chi connectivity index (χ4v) is 5.63. The fraction of sp³-hybridized carbons (Fsp3) is 0.619. The predicted octanol–water partition coefficient (Wildman–Crippen LogP) is 7.55. The van der Waals surface area contributed by atoms with E-state index < -0.39 is 0 Å². The van der Waals surface area contributed by atoms with Crippen molar-refractivity contribution in [2.75, 3.05) is 18.5 Å². The Morgan fingerprint density at radius 1 is 0.826 bits per heavy atom. The van der Waals surface area contributed by atoms with Crippen LogP contribution in [0.4, 0.5) is 0 Å². The zero-order valence-electron chi connectivity index (χ0n) is 15.2. The third-order valence-corrected chi connectivity index (χ3v) is 7.16. The summed E-state index contributed by atoms with van der Waals surface area (Å²) in [4.78, 5) is 0. The second-order valence-electron chi connectivity index (χ2n) is 6.31. The van der Waals surface area contributed by atoms with Crippen LogP contribution < -0.4 is 0 Å². The lowest BCUT2D eigenvalue weighted by atomic mass is 10.1. The van der Waals surface area contributed by atoms with Gasteiger partial charge in [0.2, 0.25) is 0 Å². The molecule has 0 aromatic heterocycles. The molecule has 23 heavy (non-hydrogen) atoms. The van der Waals surface area contributed by atoms with E-state index in [1.54, 1.807) is 0 Å². The zero-order chi connectivity index (χ0) is 16.0. The molecular weight excluding hydrogens is 319 g/mol. The maximum atomic E-state index is 3.81. The van der Waals surface area contributed by atoms with Gasteiger partial charge in [0, 0.05) is 0 Å². The molecule has 0 aliphatic carbocycles. The molecule has 0 saturated heterocycles. The number of hydrogen-bond donors (Lipinski definition) is 0. The van der Waals surface area contributed by atoms with Gasteiger partial charge < -0.3 is 0 Å². The Bertz CT molecular complexity index is 377. The average molecular weight is 355 g/mol. The van der Waals surface area contributed by atoms with Crippen LogP contribution in [0.3, 0.4) is 0 Å². The molecule has 0 saturated carbocycles. The second-order valence-corrected chi connectivity index (χ2v) is 8.99. The summed E-state index contributed by atoms with van der Waals surface area (Å²) in [7, 11) is 0.339. The first-order valence-corrected chi connectivity index (χ1v) is 11.1. The van der Waals surface area contributed by atoms with E-state index in [2.05, 4.69) is 44.7 Å². The third kappa shape index (κ3) is 11.0. The minimum Gasteiger partial charge on any atom is -0.147 e. The highest BCUT2D eigenvalue weighted by atomic mass is 35.5. The topological polar surface area (TPSA) is 0 Å². The average Bonchev–Trinajstić information content (AvgIpc) is 2.56. The van der Waals surface area contributed by atoms with Crippen LogP contribution >= 0.6 is 20.3 Å². The molecule has 0 radical (unpaired) electrons. The summed E-state index contributed by atoms with van der Waals surface area (Å²) in [5.41, 5.74) is 2.70. The van der Waals surface area contributed by atoms with Crippen LogP contribution in [-0.4, -0.2) is 18.5 Å². The van der Waals surface area contributed by atoms with Gasteiger partial charge in [0.1, 0.15) is 0 Å². The van der Waals surface area contributed by atoms with Crippen LogP contribution in [0.5, 0.6) is 0 Å². The highest BCUT2D eigenvalue weighted by molar-refractivity contribution is 7.57. The van der Waals surface area contributed by atoms with E-state index >= 15 is 0 Å².